The molecule has 4 heteroatoms. The van der Waals surface area contributed by atoms with Gasteiger partial charge in [-0.1, -0.05) is 0 Å². The van der Waals surface area contributed by atoms with Crippen molar-refractivity contribution in [3.63, 3.8) is 0 Å². The Morgan fingerprint density at radius 2 is 2.44 bits per heavy atom. The van der Waals surface area contributed by atoms with Gasteiger partial charge < -0.3 is 4.74 Å². The number of aromatic nitrogens is 1. The van der Waals surface area contributed by atoms with E-state index >= 15 is 0 Å². The molecule has 84 valence electrons. The van der Waals surface area contributed by atoms with E-state index < -0.39 is 11.9 Å². The van der Waals surface area contributed by atoms with E-state index in [1.54, 1.807) is 19.2 Å². The van der Waals surface area contributed by atoms with Gasteiger partial charge in [-0.3, -0.25) is 9.78 Å². The van der Waals surface area contributed by atoms with Crippen LogP contribution in [0.5, 0.6) is 0 Å². The Labute approximate surface area is 94.9 Å². The number of carbonyl (C=O) groups is 1. The quantitative estimate of drug-likeness (QED) is 0.720. The van der Waals surface area contributed by atoms with Crippen molar-refractivity contribution in [2.45, 2.75) is 20.3 Å². The fourth-order valence-corrected chi connectivity index (χ4v) is 1.39. The summed E-state index contributed by atoms with van der Waals surface area (Å²) in [4.78, 5) is 15.5. The molecule has 0 radical (unpaired) electrons. The zero-order valence-corrected chi connectivity index (χ0v) is 9.43. The van der Waals surface area contributed by atoms with Gasteiger partial charge in [0.1, 0.15) is 5.92 Å². The highest BCUT2D eigenvalue weighted by Gasteiger charge is 2.19. The summed E-state index contributed by atoms with van der Waals surface area (Å²) < 4.78 is 4.82. The predicted octanol–water partition coefficient (Wildman–Crippen LogP) is 1.64. The summed E-state index contributed by atoms with van der Waals surface area (Å²) in [6, 6.07) is 5.63. The highest BCUT2D eigenvalue weighted by Crippen LogP contribution is 2.10. The Kier molecular flexibility index (Phi) is 4.46. The first-order valence-electron chi connectivity index (χ1n) is 5.15. The summed E-state index contributed by atoms with van der Waals surface area (Å²) in [7, 11) is 0. The van der Waals surface area contributed by atoms with E-state index in [1.807, 2.05) is 19.1 Å². The molecule has 0 saturated carbocycles. The number of nitrogens with zero attached hydrogens (tertiary/aromatic N) is 2. The molecule has 1 aromatic rings. The first-order chi connectivity index (χ1) is 7.67. The number of hydrogen-bond acceptors (Lipinski definition) is 4. The van der Waals surface area contributed by atoms with Crippen LogP contribution >= 0.6 is 0 Å². The van der Waals surface area contributed by atoms with Crippen molar-refractivity contribution < 1.29 is 9.53 Å². The molecule has 0 spiro atoms. The fourth-order valence-electron chi connectivity index (χ4n) is 1.39. The van der Waals surface area contributed by atoms with E-state index in [2.05, 4.69) is 4.98 Å². The number of nitriles is 1. The monoisotopic (exact) mass is 218 g/mol. The van der Waals surface area contributed by atoms with Gasteiger partial charge in [0.25, 0.3) is 0 Å². The van der Waals surface area contributed by atoms with Crippen LogP contribution in [-0.4, -0.2) is 17.6 Å². The van der Waals surface area contributed by atoms with E-state index in [0.717, 1.165) is 11.3 Å². The second kappa shape index (κ2) is 5.86. The third-order valence-corrected chi connectivity index (χ3v) is 2.13. The number of pyridine rings is 1. The summed E-state index contributed by atoms with van der Waals surface area (Å²) in [6.45, 7) is 3.89. The molecule has 4 nitrogen and oxygen atoms in total. The molecule has 0 aliphatic rings. The molecule has 0 aliphatic heterocycles. The zero-order chi connectivity index (χ0) is 12.0. The van der Waals surface area contributed by atoms with Gasteiger partial charge in [0.2, 0.25) is 0 Å². The van der Waals surface area contributed by atoms with Crippen LogP contribution in [0.2, 0.25) is 0 Å². The van der Waals surface area contributed by atoms with Gasteiger partial charge in [0.05, 0.1) is 12.7 Å². The molecule has 0 aliphatic carbocycles. The Morgan fingerprint density at radius 3 is 3.00 bits per heavy atom. The summed E-state index contributed by atoms with van der Waals surface area (Å²) in [5, 5.41) is 8.89. The van der Waals surface area contributed by atoms with Gasteiger partial charge in [-0.25, -0.2) is 0 Å². The SMILES string of the molecule is CCOC(=O)C(C#N)Cc1ccnc(C)c1. The number of hydrogen-bond donors (Lipinski definition) is 0. The van der Waals surface area contributed by atoms with Crippen molar-refractivity contribution in [2.24, 2.45) is 5.92 Å². The van der Waals surface area contributed by atoms with Crippen molar-refractivity contribution in [3.8, 4) is 6.07 Å². The van der Waals surface area contributed by atoms with Gasteiger partial charge in [0, 0.05) is 11.9 Å². The van der Waals surface area contributed by atoms with Crippen LogP contribution in [-0.2, 0) is 16.0 Å². The molecule has 16 heavy (non-hydrogen) atoms. The molecule has 1 aromatic heterocycles. The summed E-state index contributed by atoms with van der Waals surface area (Å²) >= 11 is 0. The molecule has 1 unspecified atom stereocenters. The number of esters is 1. The Morgan fingerprint density at radius 1 is 1.69 bits per heavy atom. The van der Waals surface area contributed by atoms with Crippen LogP contribution in [0.4, 0.5) is 0 Å². The maximum atomic E-state index is 11.4. The molecule has 1 heterocycles. The largest absolute Gasteiger partial charge is 0.465 e. The van der Waals surface area contributed by atoms with Crippen molar-refractivity contribution in [2.75, 3.05) is 6.61 Å². The van der Waals surface area contributed by atoms with E-state index in [9.17, 15) is 4.79 Å². The minimum absolute atomic E-state index is 0.298. The predicted molar refractivity (Wildman–Crippen MR) is 58.4 cm³/mol. The van der Waals surface area contributed by atoms with Crippen molar-refractivity contribution >= 4 is 5.97 Å². The third-order valence-electron chi connectivity index (χ3n) is 2.13. The molecular weight excluding hydrogens is 204 g/mol. The van der Waals surface area contributed by atoms with Gasteiger partial charge in [-0.15, -0.1) is 0 Å². The average Bonchev–Trinajstić information content (AvgIpc) is 2.26. The Balaban J connectivity index is 2.71. The fraction of sp³-hybridized carbons (Fsp3) is 0.417. The molecule has 0 amide bonds. The second-order valence-electron chi connectivity index (χ2n) is 3.44. The lowest BCUT2D eigenvalue weighted by Gasteiger charge is -2.08. The lowest BCUT2D eigenvalue weighted by atomic mass is 10.0. The maximum Gasteiger partial charge on any atom is 0.323 e. The summed E-state index contributed by atoms with van der Waals surface area (Å²) in [5.41, 5.74) is 1.80. The zero-order valence-electron chi connectivity index (χ0n) is 9.43. The van der Waals surface area contributed by atoms with E-state index in [1.165, 1.54) is 0 Å². The highest BCUT2D eigenvalue weighted by molar-refractivity contribution is 5.75. The molecule has 0 N–H and O–H groups in total. The van der Waals surface area contributed by atoms with Crippen molar-refractivity contribution in [1.82, 2.24) is 4.98 Å². The molecule has 0 saturated heterocycles. The number of ether oxygens (including phenoxy) is 1. The highest BCUT2D eigenvalue weighted by atomic mass is 16.5. The van der Waals surface area contributed by atoms with E-state index in [-0.39, 0.29) is 0 Å². The third kappa shape index (κ3) is 3.35. The minimum atomic E-state index is -0.734. The molecule has 1 rings (SSSR count). The maximum absolute atomic E-state index is 11.4. The van der Waals surface area contributed by atoms with Crippen LogP contribution < -0.4 is 0 Å². The van der Waals surface area contributed by atoms with E-state index in [4.69, 9.17) is 10.00 Å². The average molecular weight is 218 g/mol. The second-order valence-corrected chi connectivity index (χ2v) is 3.44. The molecule has 0 aromatic carbocycles. The van der Waals surface area contributed by atoms with E-state index in [0.29, 0.717) is 13.0 Å². The van der Waals surface area contributed by atoms with Crippen LogP contribution in [0.15, 0.2) is 18.3 Å². The first kappa shape index (κ1) is 12.2. The van der Waals surface area contributed by atoms with Gasteiger partial charge in [0.15, 0.2) is 0 Å². The Bertz CT molecular complexity index is 410. The minimum Gasteiger partial charge on any atom is -0.465 e. The topological polar surface area (TPSA) is 63.0 Å². The smallest absolute Gasteiger partial charge is 0.323 e. The van der Waals surface area contributed by atoms with Gasteiger partial charge in [-0.2, -0.15) is 5.26 Å². The first-order valence-corrected chi connectivity index (χ1v) is 5.15. The van der Waals surface area contributed by atoms with Crippen LogP contribution in [0, 0.1) is 24.2 Å². The summed E-state index contributed by atoms with van der Waals surface area (Å²) in [6.07, 6.45) is 2.04. The Hall–Kier alpha value is -1.89. The van der Waals surface area contributed by atoms with Crippen LogP contribution in [0.3, 0.4) is 0 Å². The number of aryl methyl sites for hydroxylation is 1. The lowest BCUT2D eigenvalue weighted by Crippen LogP contribution is -2.18. The molecular formula is C12H14N2O2. The van der Waals surface area contributed by atoms with Crippen LogP contribution in [0.25, 0.3) is 0 Å². The number of rotatable bonds is 4. The normalized spacial score (nSPS) is 11.6. The summed E-state index contributed by atoms with van der Waals surface area (Å²) in [5.74, 6) is -1.19. The van der Waals surface area contributed by atoms with Crippen LogP contribution in [0.1, 0.15) is 18.2 Å². The number of carbonyl (C=O) groups excluding carboxylic acids is 1. The van der Waals surface area contributed by atoms with Gasteiger partial charge in [-0.05, 0) is 38.0 Å². The standard InChI is InChI=1S/C12H14N2O2/c1-3-16-12(15)11(8-13)7-10-4-5-14-9(2)6-10/h4-6,11H,3,7H2,1-2H3. The van der Waals surface area contributed by atoms with Gasteiger partial charge >= 0.3 is 5.97 Å². The molecule has 0 fully saturated rings. The molecule has 0 bridgehead atoms. The van der Waals surface area contributed by atoms with Crippen molar-refractivity contribution in [1.29, 1.82) is 5.26 Å². The molecule has 1 atom stereocenters. The van der Waals surface area contributed by atoms with Crippen molar-refractivity contribution in [3.05, 3.63) is 29.6 Å². The lowest BCUT2D eigenvalue weighted by molar-refractivity contribution is -0.145.